The second-order valence-corrected chi connectivity index (χ2v) is 9.03. The van der Waals surface area contributed by atoms with Crippen LogP contribution in [-0.4, -0.2) is 71.7 Å². The van der Waals surface area contributed by atoms with Crippen molar-refractivity contribution in [2.24, 2.45) is 0 Å². The Kier molecular flexibility index (Phi) is 8.30. The number of amides is 3. The Bertz CT molecular complexity index is 1350. The van der Waals surface area contributed by atoms with Crippen molar-refractivity contribution >= 4 is 48.9 Å². The highest BCUT2D eigenvalue weighted by Gasteiger charge is 2.34. The van der Waals surface area contributed by atoms with Crippen LogP contribution in [0.1, 0.15) is 45.2 Å². The van der Waals surface area contributed by atoms with Gasteiger partial charge in [-0.2, -0.15) is 0 Å². The van der Waals surface area contributed by atoms with Gasteiger partial charge in [0.1, 0.15) is 17.7 Å². The van der Waals surface area contributed by atoms with Crippen molar-refractivity contribution < 1.29 is 52.4 Å². The first kappa shape index (κ1) is 28.2. The van der Waals surface area contributed by atoms with Crippen molar-refractivity contribution in [3.63, 3.8) is 0 Å². The zero-order valence-corrected chi connectivity index (χ0v) is 20.5. The van der Waals surface area contributed by atoms with E-state index in [1.165, 1.54) is 19.1 Å². The number of carboxylic acid groups (broad SMARTS) is 1. The number of rotatable bonds is 9. The van der Waals surface area contributed by atoms with E-state index < -0.39 is 68.1 Å². The molecular formula is C23H23B2F2N3O9. The van der Waals surface area contributed by atoms with Crippen LogP contribution in [-0.2, 0) is 32.1 Å². The van der Waals surface area contributed by atoms with E-state index in [-0.39, 0.29) is 52.9 Å². The van der Waals surface area contributed by atoms with Gasteiger partial charge in [0.05, 0.1) is 25.7 Å². The lowest BCUT2D eigenvalue weighted by molar-refractivity contribution is -0.137. The monoisotopic (exact) mass is 545 g/mol. The largest absolute Gasteiger partial charge is 0.491 e. The lowest BCUT2D eigenvalue weighted by Crippen LogP contribution is -2.57. The molecule has 2 aromatic rings. The molecule has 2 aliphatic heterocycles. The fraction of sp³-hybridized carbons (Fsp3) is 0.304. The Balaban J connectivity index is 1.54. The molecule has 39 heavy (non-hydrogen) atoms. The molecule has 0 fully saturated rings. The van der Waals surface area contributed by atoms with Crippen molar-refractivity contribution in [1.29, 1.82) is 0 Å². The van der Waals surface area contributed by atoms with Crippen LogP contribution in [0.5, 0.6) is 0 Å². The van der Waals surface area contributed by atoms with Gasteiger partial charge in [0, 0.05) is 28.8 Å². The predicted molar refractivity (Wildman–Crippen MR) is 131 cm³/mol. The number of hydrogen-bond acceptors (Lipinski definition) is 8. The average molecular weight is 545 g/mol. The molecule has 2 aromatic carbocycles. The molecule has 0 aromatic heterocycles. The zero-order chi connectivity index (χ0) is 28.4. The standard InChI is InChI=1S/C23H23B2F2N3O9/c1-10(29-21(33)11-4-15-13(17(26)6-11)8-38-24(15)36)20(23(35)28-3-2-19(31)32)30-22(34)12-5-16-14(18(27)7-12)9-39-25(16)37/h4-7,10,20,36-37H,2-3,8-9H2,1H3,(H,28,35)(H,29,33)(H,30,34)(H,31,32)/t10-,20-/m0/s1. The highest BCUT2D eigenvalue weighted by molar-refractivity contribution is 6.62. The molecule has 2 atom stereocenters. The molecule has 0 saturated heterocycles. The van der Waals surface area contributed by atoms with Gasteiger partial charge in [0.2, 0.25) is 5.91 Å². The summed E-state index contributed by atoms with van der Waals surface area (Å²) in [6.45, 7) is 0.723. The van der Waals surface area contributed by atoms with E-state index in [1.54, 1.807) is 0 Å². The number of halogens is 2. The summed E-state index contributed by atoms with van der Waals surface area (Å²) in [6.07, 6.45) is -0.417. The van der Waals surface area contributed by atoms with Crippen LogP contribution in [0.4, 0.5) is 8.78 Å². The van der Waals surface area contributed by atoms with E-state index in [2.05, 4.69) is 16.0 Å². The van der Waals surface area contributed by atoms with Gasteiger partial charge in [-0.05, 0) is 42.1 Å². The predicted octanol–water partition coefficient (Wildman–Crippen LogP) is -2.09. The van der Waals surface area contributed by atoms with Crippen molar-refractivity contribution in [3.8, 4) is 0 Å². The third kappa shape index (κ3) is 6.09. The molecular weight excluding hydrogens is 522 g/mol. The van der Waals surface area contributed by atoms with Gasteiger partial charge in [-0.3, -0.25) is 19.2 Å². The van der Waals surface area contributed by atoms with Gasteiger partial charge >= 0.3 is 20.2 Å². The summed E-state index contributed by atoms with van der Waals surface area (Å²) in [5.74, 6) is -5.39. The molecule has 0 saturated carbocycles. The van der Waals surface area contributed by atoms with Crippen LogP contribution < -0.4 is 26.9 Å². The maximum atomic E-state index is 14.5. The topological polar surface area (TPSA) is 184 Å². The molecule has 0 unspecified atom stereocenters. The van der Waals surface area contributed by atoms with Gasteiger partial charge in [-0.15, -0.1) is 0 Å². The molecule has 2 aliphatic rings. The van der Waals surface area contributed by atoms with Gasteiger partial charge in [-0.25, -0.2) is 8.78 Å². The van der Waals surface area contributed by atoms with Crippen LogP contribution in [0, 0.1) is 11.6 Å². The number of nitrogens with one attached hydrogen (secondary N) is 3. The van der Waals surface area contributed by atoms with Crippen molar-refractivity contribution in [2.75, 3.05) is 6.54 Å². The summed E-state index contributed by atoms with van der Waals surface area (Å²) in [7, 11) is -2.85. The molecule has 4 rings (SSSR count). The minimum absolute atomic E-state index is 0.0498. The maximum Gasteiger partial charge on any atom is 0.491 e. The van der Waals surface area contributed by atoms with Gasteiger partial charge in [0.15, 0.2) is 0 Å². The number of carbonyl (C=O) groups is 4. The van der Waals surface area contributed by atoms with E-state index in [0.29, 0.717) is 0 Å². The SMILES string of the molecule is C[C@H](NC(=O)c1cc(F)c2c(c1)B(O)OC2)[C@H](NC(=O)c1cc(F)c2c(c1)B(O)OC2)C(=O)NCCC(=O)O. The smallest absolute Gasteiger partial charge is 0.481 e. The number of carboxylic acids is 1. The molecule has 3 amide bonds. The van der Waals surface area contributed by atoms with Crippen LogP contribution in [0.3, 0.4) is 0 Å². The van der Waals surface area contributed by atoms with E-state index >= 15 is 0 Å². The quantitative estimate of drug-likeness (QED) is 0.193. The summed E-state index contributed by atoms with van der Waals surface area (Å²) < 4.78 is 38.8. The van der Waals surface area contributed by atoms with Crippen LogP contribution >= 0.6 is 0 Å². The highest BCUT2D eigenvalue weighted by atomic mass is 19.1. The minimum Gasteiger partial charge on any atom is -0.481 e. The van der Waals surface area contributed by atoms with Gasteiger partial charge in [-0.1, -0.05) is 0 Å². The normalized spacial score (nSPS) is 15.3. The van der Waals surface area contributed by atoms with Crippen LogP contribution in [0.2, 0.25) is 0 Å². The number of aliphatic carboxylic acids is 1. The first-order valence-corrected chi connectivity index (χ1v) is 11.8. The van der Waals surface area contributed by atoms with E-state index in [9.17, 15) is 38.0 Å². The fourth-order valence-corrected chi connectivity index (χ4v) is 4.25. The maximum absolute atomic E-state index is 14.5. The van der Waals surface area contributed by atoms with Crippen molar-refractivity contribution in [3.05, 3.63) is 58.2 Å². The molecule has 0 radical (unpaired) electrons. The summed E-state index contributed by atoms with van der Waals surface area (Å²) in [5, 5.41) is 35.8. The Morgan fingerprint density at radius 1 is 0.897 bits per heavy atom. The summed E-state index contributed by atoms with van der Waals surface area (Å²) >= 11 is 0. The number of hydrogen-bond donors (Lipinski definition) is 6. The van der Waals surface area contributed by atoms with Crippen molar-refractivity contribution in [2.45, 2.75) is 38.6 Å². The van der Waals surface area contributed by atoms with E-state index in [4.69, 9.17) is 14.4 Å². The second kappa shape index (κ2) is 11.5. The molecule has 0 bridgehead atoms. The molecule has 0 aliphatic carbocycles. The number of benzene rings is 2. The third-order valence-electron chi connectivity index (χ3n) is 6.35. The molecule has 12 nitrogen and oxygen atoms in total. The molecule has 6 N–H and O–H groups in total. The number of carbonyl (C=O) groups excluding carboxylic acids is 3. The first-order valence-electron chi connectivity index (χ1n) is 11.8. The molecule has 204 valence electrons. The molecule has 16 heteroatoms. The first-order chi connectivity index (χ1) is 18.5. The van der Waals surface area contributed by atoms with Gasteiger partial charge < -0.3 is 40.4 Å². The molecule has 0 spiro atoms. The van der Waals surface area contributed by atoms with E-state index in [1.807, 2.05) is 0 Å². The average Bonchev–Trinajstić information content (AvgIpc) is 3.45. The third-order valence-corrected chi connectivity index (χ3v) is 6.35. The second-order valence-electron chi connectivity index (χ2n) is 9.03. The van der Waals surface area contributed by atoms with Gasteiger partial charge in [0.25, 0.3) is 11.8 Å². The minimum atomic E-state index is -1.49. The number of fused-ring (bicyclic) bond motifs is 2. The summed E-state index contributed by atoms with van der Waals surface area (Å²) in [4.78, 5) is 49.6. The fourth-order valence-electron chi connectivity index (χ4n) is 4.25. The zero-order valence-electron chi connectivity index (χ0n) is 20.5. The Labute approximate surface area is 221 Å². The Hall–Kier alpha value is -3.85. The Morgan fingerprint density at radius 3 is 1.87 bits per heavy atom. The summed E-state index contributed by atoms with van der Waals surface area (Å²) in [6, 6.07) is 1.65. The van der Waals surface area contributed by atoms with Crippen LogP contribution in [0.25, 0.3) is 0 Å². The molecule has 2 heterocycles. The Morgan fingerprint density at radius 2 is 1.38 bits per heavy atom. The lowest BCUT2D eigenvalue weighted by atomic mass is 9.78. The van der Waals surface area contributed by atoms with Crippen molar-refractivity contribution in [1.82, 2.24) is 16.0 Å². The highest BCUT2D eigenvalue weighted by Crippen LogP contribution is 2.18. The lowest BCUT2D eigenvalue weighted by Gasteiger charge is -2.25. The summed E-state index contributed by atoms with van der Waals surface area (Å²) in [5.41, 5.74) is -0.115. The van der Waals surface area contributed by atoms with E-state index in [0.717, 1.165) is 12.1 Å². The van der Waals surface area contributed by atoms with Crippen LogP contribution in [0.15, 0.2) is 24.3 Å².